The molecule has 0 saturated heterocycles. The van der Waals surface area contributed by atoms with Crippen LogP contribution in [-0.2, 0) is 13.0 Å². The summed E-state index contributed by atoms with van der Waals surface area (Å²) in [5.41, 5.74) is 3.39. The first kappa shape index (κ1) is 13.9. The summed E-state index contributed by atoms with van der Waals surface area (Å²) in [4.78, 5) is 4.48. The van der Waals surface area contributed by atoms with Gasteiger partial charge in [-0.05, 0) is 49.7 Å². The fraction of sp³-hybridized carbons (Fsp3) is 0.353. The fourth-order valence-corrected chi connectivity index (χ4v) is 2.39. The monoisotopic (exact) mass is 284 g/mol. The number of hydrogen-bond donors (Lipinski definition) is 1. The van der Waals surface area contributed by atoms with E-state index >= 15 is 0 Å². The van der Waals surface area contributed by atoms with E-state index in [9.17, 15) is 0 Å². The maximum atomic E-state index is 5.60. The second-order valence-corrected chi connectivity index (χ2v) is 5.18. The summed E-state index contributed by atoms with van der Waals surface area (Å²) in [5, 5.41) is 3.42. The van der Waals surface area contributed by atoms with Crippen molar-refractivity contribution >= 4 is 0 Å². The van der Waals surface area contributed by atoms with Gasteiger partial charge >= 0.3 is 0 Å². The molecule has 1 aliphatic heterocycles. The maximum Gasteiger partial charge on any atom is 0.161 e. The highest BCUT2D eigenvalue weighted by atomic mass is 16.6. The highest BCUT2D eigenvalue weighted by molar-refractivity contribution is 5.43. The summed E-state index contributed by atoms with van der Waals surface area (Å²) >= 11 is 0. The third-order valence-electron chi connectivity index (χ3n) is 3.45. The summed E-state index contributed by atoms with van der Waals surface area (Å²) in [7, 11) is 0. The molecule has 0 radical (unpaired) electrons. The molecular formula is C17H20N2O2. The molecule has 4 nitrogen and oxygen atoms in total. The first-order chi connectivity index (χ1) is 10.3. The average Bonchev–Trinajstić information content (AvgIpc) is 2.51. The van der Waals surface area contributed by atoms with E-state index in [1.54, 1.807) is 0 Å². The van der Waals surface area contributed by atoms with E-state index in [2.05, 4.69) is 22.4 Å². The Balaban J connectivity index is 1.49. The van der Waals surface area contributed by atoms with Crippen molar-refractivity contribution in [3.63, 3.8) is 0 Å². The van der Waals surface area contributed by atoms with Crippen LogP contribution in [0.4, 0.5) is 0 Å². The molecule has 1 aromatic heterocycles. The van der Waals surface area contributed by atoms with Gasteiger partial charge in [-0.3, -0.25) is 4.98 Å². The van der Waals surface area contributed by atoms with Crippen molar-refractivity contribution in [2.24, 2.45) is 0 Å². The number of aryl methyl sites for hydroxylation is 1. The molecule has 1 aliphatic rings. The Kier molecular flexibility index (Phi) is 4.36. The first-order valence-electron chi connectivity index (χ1n) is 7.33. The second-order valence-electron chi connectivity index (χ2n) is 5.18. The minimum absolute atomic E-state index is 0.633. The smallest absolute Gasteiger partial charge is 0.161 e. The standard InChI is InChI=1S/C17H20N2O2/c1-13-3-2-4-15(19-13)12-18-8-7-14-5-6-16-17(11-14)21-10-9-20-16/h2-6,11,18H,7-10,12H2,1H3. The van der Waals surface area contributed by atoms with E-state index in [1.807, 2.05) is 31.2 Å². The van der Waals surface area contributed by atoms with Gasteiger partial charge in [0.1, 0.15) is 13.2 Å². The molecule has 2 aromatic rings. The van der Waals surface area contributed by atoms with Gasteiger partial charge in [-0.15, -0.1) is 0 Å². The minimum atomic E-state index is 0.633. The van der Waals surface area contributed by atoms with Crippen molar-refractivity contribution in [3.8, 4) is 11.5 Å². The van der Waals surface area contributed by atoms with Crippen molar-refractivity contribution in [1.29, 1.82) is 0 Å². The highest BCUT2D eigenvalue weighted by Gasteiger charge is 2.11. The van der Waals surface area contributed by atoms with Crippen LogP contribution in [-0.4, -0.2) is 24.7 Å². The first-order valence-corrected chi connectivity index (χ1v) is 7.33. The van der Waals surface area contributed by atoms with Gasteiger partial charge in [0.25, 0.3) is 0 Å². The molecule has 0 amide bonds. The van der Waals surface area contributed by atoms with Gasteiger partial charge in [0.2, 0.25) is 0 Å². The van der Waals surface area contributed by atoms with E-state index in [-0.39, 0.29) is 0 Å². The molecule has 0 saturated carbocycles. The Morgan fingerprint density at radius 2 is 1.95 bits per heavy atom. The van der Waals surface area contributed by atoms with Crippen molar-refractivity contribution in [2.75, 3.05) is 19.8 Å². The second kappa shape index (κ2) is 6.59. The van der Waals surface area contributed by atoms with E-state index in [0.29, 0.717) is 13.2 Å². The Labute approximate surface area is 125 Å². The summed E-state index contributed by atoms with van der Waals surface area (Å²) in [6.45, 7) is 4.99. The Hall–Kier alpha value is -2.07. The molecule has 1 aromatic carbocycles. The molecule has 110 valence electrons. The molecular weight excluding hydrogens is 264 g/mol. The number of benzene rings is 1. The largest absolute Gasteiger partial charge is 0.486 e. The van der Waals surface area contributed by atoms with Crippen molar-refractivity contribution in [1.82, 2.24) is 10.3 Å². The SMILES string of the molecule is Cc1cccc(CNCCc2ccc3c(c2)OCCO3)n1. The van der Waals surface area contributed by atoms with Crippen molar-refractivity contribution in [3.05, 3.63) is 53.3 Å². The predicted octanol–water partition coefficient (Wildman–Crippen LogP) is 2.49. The number of hydrogen-bond acceptors (Lipinski definition) is 4. The van der Waals surface area contributed by atoms with Gasteiger partial charge in [-0.25, -0.2) is 0 Å². The zero-order chi connectivity index (χ0) is 14.5. The number of pyridine rings is 1. The maximum absolute atomic E-state index is 5.60. The van der Waals surface area contributed by atoms with Crippen LogP contribution in [0.15, 0.2) is 36.4 Å². The topological polar surface area (TPSA) is 43.4 Å². The molecule has 0 fully saturated rings. The zero-order valence-corrected chi connectivity index (χ0v) is 12.3. The van der Waals surface area contributed by atoms with Crippen LogP contribution in [0.1, 0.15) is 17.0 Å². The van der Waals surface area contributed by atoms with Crippen LogP contribution in [0, 0.1) is 6.92 Å². The molecule has 2 heterocycles. The molecule has 0 bridgehead atoms. The van der Waals surface area contributed by atoms with Crippen LogP contribution in [0.5, 0.6) is 11.5 Å². The minimum Gasteiger partial charge on any atom is -0.486 e. The number of fused-ring (bicyclic) bond motifs is 1. The van der Waals surface area contributed by atoms with Gasteiger partial charge in [0.15, 0.2) is 11.5 Å². The molecule has 0 unspecified atom stereocenters. The van der Waals surface area contributed by atoms with Gasteiger partial charge in [0, 0.05) is 12.2 Å². The molecule has 0 aliphatic carbocycles. The van der Waals surface area contributed by atoms with Gasteiger partial charge < -0.3 is 14.8 Å². The van der Waals surface area contributed by atoms with Crippen LogP contribution >= 0.6 is 0 Å². The van der Waals surface area contributed by atoms with E-state index < -0.39 is 0 Å². The third kappa shape index (κ3) is 3.73. The van der Waals surface area contributed by atoms with Crippen molar-refractivity contribution in [2.45, 2.75) is 19.9 Å². The van der Waals surface area contributed by atoms with Crippen LogP contribution in [0.3, 0.4) is 0 Å². The summed E-state index contributed by atoms with van der Waals surface area (Å²) in [6.07, 6.45) is 0.961. The Bertz CT molecular complexity index is 613. The van der Waals surface area contributed by atoms with E-state index in [0.717, 1.165) is 42.4 Å². The van der Waals surface area contributed by atoms with E-state index in [4.69, 9.17) is 9.47 Å². The third-order valence-corrected chi connectivity index (χ3v) is 3.45. The summed E-state index contributed by atoms with van der Waals surface area (Å²) < 4.78 is 11.1. The van der Waals surface area contributed by atoms with Crippen molar-refractivity contribution < 1.29 is 9.47 Å². The number of ether oxygens (including phenoxy) is 2. The lowest BCUT2D eigenvalue weighted by molar-refractivity contribution is 0.171. The van der Waals surface area contributed by atoms with Crippen LogP contribution in [0.25, 0.3) is 0 Å². The lowest BCUT2D eigenvalue weighted by Gasteiger charge is -2.18. The highest BCUT2D eigenvalue weighted by Crippen LogP contribution is 2.30. The fourth-order valence-electron chi connectivity index (χ4n) is 2.39. The Morgan fingerprint density at radius 3 is 2.81 bits per heavy atom. The Morgan fingerprint density at radius 1 is 1.10 bits per heavy atom. The zero-order valence-electron chi connectivity index (χ0n) is 12.3. The van der Waals surface area contributed by atoms with Gasteiger partial charge in [0.05, 0.1) is 5.69 Å². The molecule has 0 spiro atoms. The predicted molar refractivity (Wildman–Crippen MR) is 81.8 cm³/mol. The van der Waals surface area contributed by atoms with E-state index in [1.165, 1.54) is 5.56 Å². The molecule has 3 rings (SSSR count). The summed E-state index contributed by atoms with van der Waals surface area (Å²) in [5.74, 6) is 1.71. The number of rotatable bonds is 5. The van der Waals surface area contributed by atoms with Crippen LogP contribution in [0.2, 0.25) is 0 Å². The lowest BCUT2D eigenvalue weighted by atomic mass is 10.1. The lowest BCUT2D eigenvalue weighted by Crippen LogP contribution is -2.18. The number of nitrogens with zero attached hydrogens (tertiary/aromatic N) is 1. The molecule has 1 N–H and O–H groups in total. The summed E-state index contributed by atoms with van der Waals surface area (Å²) in [6, 6.07) is 12.3. The quantitative estimate of drug-likeness (QED) is 0.857. The van der Waals surface area contributed by atoms with Gasteiger partial charge in [-0.1, -0.05) is 12.1 Å². The molecule has 21 heavy (non-hydrogen) atoms. The molecule has 4 heteroatoms. The van der Waals surface area contributed by atoms with Gasteiger partial charge in [-0.2, -0.15) is 0 Å². The number of nitrogens with one attached hydrogen (secondary N) is 1. The normalized spacial score (nSPS) is 13.2. The number of aromatic nitrogens is 1. The average molecular weight is 284 g/mol. The molecule has 0 atom stereocenters. The van der Waals surface area contributed by atoms with Crippen LogP contribution < -0.4 is 14.8 Å².